The van der Waals surface area contributed by atoms with Gasteiger partial charge in [-0.2, -0.15) is 0 Å². The second-order valence-electron chi connectivity index (χ2n) is 6.91. The Balaban J connectivity index is 1.64. The van der Waals surface area contributed by atoms with Gasteiger partial charge in [0, 0.05) is 16.8 Å². The van der Waals surface area contributed by atoms with Crippen LogP contribution in [0.5, 0.6) is 11.5 Å². The molecule has 0 aliphatic heterocycles. The summed E-state index contributed by atoms with van der Waals surface area (Å²) in [6, 6.07) is 16.6. The van der Waals surface area contributed by atoms with E-state index in [0.717, 1.165) is 0 Å². The third-order valence-corrected chi connectivity index (χ3v) is 5.79. The highest BCUT2D eigenvalue weighted by atomic mass is 32.2. The van der Waals surface area contributed by atoms with E-state index in [9.17, 15) is 13.6 Å². The number of carbonyl (C=O) groups is 1. The fourth-order valence-electron chi connectivity index (χ4n) is 3.20. The molecule has 0 fully saturated rings. The minimum atomic E-state index is -0.381. The molecule has 0 atom stereocenters. The minimum Gasteiger partial charge on any atom is -0.493 e. The van der Waals surface area contributed by atoms with E-state index in [4.69, 9.17) is 9.47 Å². The Hall–Kier alpha value is -3.72. The Labute approximate surface area is 193 Å². The van der Waals surface area contributed by atoms with Crippen LogP contribution in [0.1, 0.15) is 10.4 Å². The van der Waals surface area contributed by atoms with Crippen molar-refractivity contribution in [1.29, 1.82) is 0 Å². The Morgan fingerprint density at radius 2 is 1.52 bits per heavy atom. The van der Waals surface area contributed by atoms with E-state index in [0.29, 0.717) is 39.3 Å². The summed E-state index contributed by atoms with van der Waals surface area (Å²) in [4.78, 5) is 12.8. The molecule has 33 heavy (non-hydrogen) atoms. The molecular weight excluding hydrogens is 448 g/mol. The molecule has 0 spiro atoms. The lowest BCUT2D eigenvalue weighted by atomic mass is 10.1. The van der Waals surface area contributed by atoms with Crippen LogP contribution in [0.25, 0.3) is 17.1 Å². The number of nitrogens with zero attached hydrogens (tertiary/aromatic N) is 3. The molecule has 168 valence electrons. The number of hydrogen-bond donors (Lipinski definition) is 0. The first-order chi connectivity index (χ1) is 16.0. The fourth-order valence-corrected chi connectivity index (χ4v) is 4.04. The molecule has 4 aromatic rings. The van der Waals surface area contributed by atoms with Crippen LogP contribution in [0.3, 0.4) is 0 Å². The van der Waals surface area contributed by atoms with Crippen molar-refractivity contribution in [2.24, 2.45) is 0 Å². The van der Waals surface area contributed by atoms with Gasteiger partial charge in [-0.15, -0.1) is 10.2 Å². The predicted octanol–water partition coefficient (Wildman–Crippen LogP) is 5.20. The smallest absolute Gasteiger partial charge is 0.196 e. The van der Waals surface area contributed by atoms with Gasteiger partial charge in [-0.1, -0.05) is 11.8 Å². The zero-order chi connectivity index (χ0) is 23.4. The molecule has 9 heteroatoms. The second-order valence-corrected chi connectivity index (χ2v) is 7.85. The quantitative estimate of drug-likeness (QED) is 0.262. The van der Waals surface area contributed by atoms with Gasteiger partial charge in [0.2, 0.25) is 0 Å². The third kappa shape index (κ3) is 4.88. The van der Waals surface area contributed by atoms with Crippen LogP contribution < -0.4 is 9.47 Å². The molecule has 0 unspecified atom stereocenters. The molecule has 0 amide bonds. The average Bonchev–Trinajstić information content (AvgIpc) is 3.26. The lowest BCUT2D eigenvalue weighted by Crippen LogP contribution is -2.06. The van der Waals surface area contributed by atoms with Crippen LogP contribution >= 0.6 is 11.8 Å². The SMILES string of the molecule is COc1ccc(C(=O)CSc2nnc(-c3ccc(F)cc3)n2-c2ccc(F)cc2)cc1OC. The molecule has 0 saturated carbocycles. The van der Waals surface area contributed by atoms with Crippen molar-refractivity contribution in [3.8, 4) is 28.6 Å². The van der Waals surface area contributed by atoms with Crippen LogP contribution in [0, 0.1) is 11.6 Å². The monoisotopic (exact) mass is 467 g/mol. The number of benzene rings is 3. The summed E-state index contributed by atoms with van der Waals surface area (Å²) < 4.78 is 39.1. The molecule has 1 heterocycles. The van der Waals surface area contributed by atoms with E-state index < -0.39 is 0 Å². The highest BCUT2D eigenvalue weighted by Crippen LogP contribution is 2.31. The van der Waals surface area contributed by atoms with Crippen LogP contribution in [0.4, 0.5) is 8.78 Å². The van der Waals surface area contributed by atoms with Gasteiger partial charge >= 0.3 is 0 Å². The standard InChI is InChI=1S/C24H19F2N3O3S/c1-31-21-12-5-16(13-22(21)32-2)20(30)14-33-24-28-27-23(15-3-6-17(25)7-4-15)29(24)19-10-8-18(26)9-11-19/h3-13H,14H2,1-2H3. The Morgan fingerprint density at radius 3 is 2.15 bits per heavy atom. The van der Waals surface area contributed by atoms with E-state index in [1.54, 1.807) is 47.0 Å². The van der Waals surface area contributed by atoms with Crippen LogP contribution in [-0.4, -0.2) is 40.5 Å². The number of hydrogen-bond acceptors (Lipinski definition) is 6. The Morgan fingerprint density at radius 1 is 0.879 bits per heavy atom. The van der Waals surface area contributed by atoms with Gasteiger partial charge in [-0.05, 0) is 66.7 Å². The zero-order valence-corrected chi connectivity index (χ0v) is 18.6. The number of methoxy groups -OCH3 is 2. The van der Waals surface area contributed by atoms with E-state index in [1.165, 1.54) is 50.2 Å². The summed E-state index contributed by atoms with van der Waals surface area (Å²) in [6.07, 6.45) is 0. The van der Waals surface area contributed by atoms with Crippen molar-refractivity contribution in [3.63, 3.8) is 0 Å². The molecule has 3 aromatic carbocycles. The summed E-state index contributed by atoms with van der Waals surface area (Å²) in [5.74, 6) is 0.622. The first kappa shape index (κ1) is 22.5. The molecule has 4 rings (SSSR count). The van der Waals surface area contributed by atoms with Gasteiger partial charge in [0.15, 0.2) is 28.3 Å². The molecule has 0 aliphatic rings. The molecule has 0 radical (unpaired) electrons. The van der Waals surface area contributed by atoms with Gasteiger partial charge < -0.3 is 9.47 Å². The maximum atomic E-state index is 13.5. The van der Waals surface area contributed by atoms with Gasteiger partial charge in [0.25, 0.3) is 0 Å². The largest absolute Gasteiger partial charge is 0.493 e. The van der Waals surface area contributed by atoms with Gasteiger partial charge in [0.05, 0.1) is 20.0 Å². The third-order valence-electron chi connectivity index (χ3n) is 4.86. The zero-order valence-electron chi connectivity index (χ0n) is 17.8. The summed E-state index contributed by atoms with van der Waals surface area (Å²) in [7, 11) is 3.03. The summed E-state index contributed by atoms with van der Waals surface area (Å²) in [5, 5.41) is 8.92. The average molecular weight is 467 g/mol. The maximum Gasteiger partial charge on any atom is 0.196 e. The summed E-state index contributed by atoms with van der Waals surface area (Å²) >= 11 is 1.19. The number of aromatic nitrogens is 3. The fraction of sp³-hybridized carbons (Fsp3) is 0.125. The first-order valence-electron chi connectivity index (χ1n) is 9.85. The lowest BCUT2D eigenvalue weighted by Gasteiger charge is -2.11. The number of rotatable bonds is 8. The minimum absolute atomic E-state index is 0.0816. The van der Waals surface area contributed by atoms with Gasteiger partial charge in [-0.25, -0.2) is 8.78 Å². The summed E-state index contributed by atoms with van der Waals surface area (Å²) in [5.41, 5.74) is 1.71. The van der Waals surface area contributed by atoms with Gasteiger partial charge in [-0.3, -0.25) is 9.36 Å². The molecule has 1 aromatic heterocycles. The van der Waals surface area contributed by atoms with Crippen LogP contribution in [-0.2, 0) is 0 Å². The van der Waals surface area contributed by atoms with Crippen molar-refractivity contribution in [3.05, 3.63) is 83.9 Å². The number of thioether (sulfide) groups is 1. The van der Waals surface area contributed by atoms with Crippen LogP contribution in [0.15, 0.2) is 71.9 Å². The lowest BCUT2D eigenvalue weighted by molar-refractivity contribution is 0.102. The predicted molar refractivity (Wildman–Crippen MR) is 121 cm³/mol. The normalized spacial score (nSPS) is 10.8. The summed E-state index contributed by atoms with van der Waals surface area (Å²) in [6.45, 7) is 0. The van der Waals surface area contributed by atoms with Crippen molar-refractivity contribution in [2.45, 2.75) is 5.16 Å². The highest BCUT2D eigenvalue weighted by molar-refractivity contribution is 7.99. The molecule has 0 bridgehead atoms. The van der Waals surface area contributed by atoms with E-state index in [-0.39, 0.29) is 23.2 Å². The molecule has 0 saturated heterocycles. The van der Waals surface area contributed by atoms with E-state index in [2.05, 4.69) is 10.2 Å². The molecular formula is C24H19F2N3O3S. The van der Waals surface area contributed by atoms with Crippen molar-refractivity contribution in [1.82, 2.24) is 14.8 Å². The van der Waals surface area contributed by atoms with E-state index >= 15 is 0 Å². The second kappa shape index (κ2) is 9.83. The van der Waals surface area contributed by atoms with Gasteiger partial charge in [0.1, 0.15) is 11.6 Å². The van der Waals surface area contributed by atoms with Crippen LogP contribution in [0.2, 0.25) is 0 Å². The van der Waals surface area contributed by atoms with Crippen molar-refractivity contribution >= 4 is 17.5 Å². The number of halogens is 2. The first-order valence-corrected chi connectivity index (χ1v) is 10.8. The molecule has 0 N–H and O–H groups in total. The number of Topliss-reactive ketones (excluding diaryl/α,β-unsaturated/α-hetero) is 1. The maximum absolute atomic E-state index is 13.5. The number of ketones is 1. The Kier molecular flexibility index (Phi) is 6.69. The van der Waals surface area contributed by atoms with Crippen molar-refractivity contribution < 1.29 is 23.0 Å². The highest BCUT2D eigenvalue weighted by Gasteiger charge is 2.19. The molecule has 6 nitrogen and oxygen atoms in total. The topological polar surface area (TPSA) is 66.2 Å². The Bertz CT molecular complexity index is 1280. The van der Waals surface area contributed by atoms with E-state index in [1.807, 2.05) is 0 Å². The van der Waals surface area contributed by atoms with Crippen molar-refractivity contribution in [2.75, 3.05) is 20.0 Å². The number of ether oxygens (including phenoxy) is 2. The number of carbonyl (C=O) groups excluding carboxylic acids is 1. The molecule has 0 aliphatic carbocycles.